The first-order valence-electron chi connectivity index (χ1n) is 7.63. The van der Waals surface area contributed by atoms with Crippen LogP contribution >= 0.6 is 39.3 Å². The number of benzene rings is 2. The summed E-state index contributed by atoms with van der Waals surface area (Å²) in [5.41, 5.74) is 3.51. The highest BCUT2D eigenvalue weighted by Gasteiger charge is 2.25. The van der Waals surface area contributed by atoms with Crippen LogP contribution in [0.5, 0.6) is 0 Å². The van der Waals surface area contributed by atoms with E-state index >= 15 is 0 Å². The first-order chi connectivity index (χ1) is 12.1. The Kier molecular flexibility index (Phi) is 4.58. The zero-order valence-corrected chi connectivity index (χ0v) is 16.2. The smallest absolute Gasteiger partial charge is 0.256 e. The van der Waals surface area contributed by atoms with Crippen molar-refractivity contribution in [1.82, 2.24) is 9.78 Å². The Labute approximate surface area is 162 Å². The molecule has 0 aliphatic carbocycles. The van der Waals surface area contributed by atoms with Crippen LogP contribution in [0.15, 0.2) is 53.0 Å². The number of nitrogens with zero attached hydrogens (tertiary/aromatic N) is 2. The van der Waals surface area contributed by atoms with Crippen LogP contribution in [0.2, 0.25) is 5.02 Å². The molecule has 1 aromatic heterocycles. The summed E-state index contributed by atoms with van der Waals surface area (Å²) >= 11 is 11.3. The van der Waals surface area contributed by atoms with E-state index in [0.29, 0.717) is 16.4 Å². The molecule has 0 radical (unpaired) electrons. The summed E-state index contributed by atoms with van der Waals surface area (Å²) in [5.74, 6) is 2.24. The number of carbonyl (C=O) groups is 1. The monoisotopic (exact) mass is 433 g/mol. The minimum Gasteiger partial charge on any atom is -0.306 e. The first kappa shape index (κ1) is 16.7. The van der Waals surface area contributed by atoms with Crippen LogP contribution in [0.25, 0.3) is 5.69 Å². The summed E-state index contributed by atoms with van der Waals surface area (Å²) in [6.07, 6.45) is 0. The van der Waals surface area contributed by atoms with Crippen molar-refractivity contribution in [2.75, 3.05) is 5.32 Å². The number of anilines is 1. The number of thioether (sulfide) groups is 1. The van der Waals surface area contributed by atoms with Crippen LogP contribution in [-0.4, -0.2) is 15.7 Å². The lowest BCUT2D eigenvalue weighted by Gasteiger charge is -2.11. The number of nitrogens with one attached hydrogen (secondary N) is 1. The molecular weight excluding hydrogens is 422 g/mol. The second-order valence-corrected chi connectivity index (χ2v) is 7.96. The standard InChI is InChI=1S/C18H13BrClN3OS/c19-12-4-1-3-11(7-12)18(24)21-17-15-9-25-10-16(15)22-23(17)14-6-2-5-13(20)8-14/h1-8H,9-10H2,(H,21,24). The second kappa shape index (κ2) is 6.86. The number of carbonyl (C=O) groups excluding carboxylic acids is 1. The van der Waals surface area contributed by atoms with Gasteiger partial charge in [-0.25, -0.2) is 4.68 Å². The van der Waals surface area contributed by atoms with Gasteiger partial charge in [-0.05, 0) is 36.4 Å². The van der Waals surface area contributed by atoms with Crippen molar-refractivity contribution >= 4 is 51.0 Å². The molecule has 1 aliphatic heterocycles. The Morgan fingerprint density at radius 3 is 2.84 bits per heavy atom. The summed E-state index contributed by atoms with van der Waals surface area (Å²) in [6, 6.07) is 14.8. The Bertz CT molecular complexity index is 973. The fourth-order valence-electron chi connectivity index (χ4n) is 2.75. The summed E-state index contributed by atoms with van der Waals surface area (Å²) in [4.78, 5) is 12.7. The van der Waals surface area contributed by atoms with E-state index < -0.39 is 0 Å². The Morgan fingerprint density at radius 2 is 2.04 bits per heavy atom. The normalized spacial score (nSPS) is 12.9. The third kappa shape index (κ3) is 3.34. The summed E-state index contributed by atoms with van der Waals surface area (Å²) in [5, 5.41) is 8.35. The quantitative estimate of drug-likeness (QED) is 0.609. The SMILES string of the molecule is O=C(Nc1c2c(nn1-c1cccc(Cl)c1)CSC2)c1cccc(Br)c1. The van der Waals surface area contributed by atoms with Gasteiger partial charge < -0.3 is 5.32 Å². The third-order valence-electron chi connectivity index (χ3n) is 3.92. The molecule has 126 valence electrons. The highest BCUT2D eigenvalue weighted by Crippen LogP contribution is 2.36. The topological polar surface area (TPSA) is 46.9 Å². The molecule has 0 unspecified atom stereocenters. The molecule has 4 rings (SSSR count). The van der Waals surface area contributed by atoms with Gasteiger partial charge in [-0.1, -0.05) is 39.7 Å². The fourth-order valence-corrected chi connectivity index (χ4v) is 4.36. The number of hydrogen-bond acceptors (Lipinski definition) is 3. The lowest BCUT2D eigenvalue weighted by atomic mass is 10.2. The van der Waals surface area contributed by atoms with Crippen LogP contribution < -0.4 is 5.32 Å². The maximum atomic E-state index is 12.7. The maximum absolute atomic E-state index is 12.7. The summed E-state index contributed by atoms with van der Waals surface area (Å²) in [6.45, 7) is 0. The van der Waals surface area contributed by atoms with Gasteiger partial charge in [0.1, 0.15) is 5.82 Å². The number of halogens is 2. The van der Waals surface area contributed by atoms with Crippen LogP contribution in [0.4, 0.5) is 5.82 Å². The largest absolute Gasteiger partial charge is 0.306 e. The molecule has 1 N–H and O–H groups in total. The maximum Gasteiger partial charge on any atom is 0.256 e. The first-order valence-corrected chi connectivity index (χ1v) is 9.96. The van der Waals surface area contributed by atoms with E-state index in [1.807, 2.05) is 36.4 Å². The second-order valence-electron chi connectivity index (χ2n) is 5.62. The van der Waals surface area contributed by atoms with Gasteiger partial charge in [-0.2, -0.15) is 16.9 Å². The minimum atomic E-state index is -0.163. The zero-order valence-electron chi connectivity index (χ0n) is 13.0. The van der Waals surface area contributed by atoms with Crippen molar-refractivity contribution in [3.05, 3.63) is 74.8 Å². The summed E-state index contributed by atoms with van der Waals surface area (Å²) in [7, 11) is 0. The molecule has 0 saturated heterocycles. The number of rotatable bonds is 3. The highest BCUT2D eigenvalue weighted by atomic mass is 79.9. The van der Waals surface area contributed by atoms with Crippen molar-refractivity contribution in [3.63, 3.8) is 0 Å². The molecule has 0 saturated carbocycles. The Morgan fingerprint density at radius 1 is 1.20 bits per heavy atom. The zero-order chi connectivity index (χ0) is 17.4. The van der Waals surface area contributed by atoms with Crippen LogP contribution in [-0.2, 0) is 11.5 Å². The third-order valence-corrected chi connectivity index (χ3v) is 5.62. The van der Waals surface area contributed by atoms with Crippen molar-refractivity contribution in [3.8, 4) is 5.69 Å². The van der Waals surface area contributed by atoms with Crippen LogP contribution in [0, 0.1) is 0 Å². The molecule has 0 spiro atoms. The molecule has 7 heteroatoms. The van der Waals surface area contributed by atoms with E-state index in [1.165, 1.54) is 0 Å². The number of fused-ring (bicyclic) bond motifs is 1. The van der Waals surface area contributed by atoms with Gasteiger partial charge >= 0.3 is 0 Å². The van der Waals surface area contributed by atoms with Crippen molar-refractivity contribution in [1.29, 1.82) is 0 Å². The van der Waals surface area contributed by atoms with Crippen LogP contribution in [0.1, 0.15) is 21.6 Å². The van der Waals surface area contributed by atoms with E-state index in [1.54, 1.807) is 28.6 Å². The van der Waals surface area contributed by atoms with Crippen molar-refractivity contribution < 1.29 is 4.79 Å². The molecule has 2 heterocycles. The number of aromatic nitrogens is 2. The van der Waals surface area contributed by atoms with E-state index in [0.717, 1.165) is 32.9 Å². The molecule has 4 nitrogen and oxygen atoms in total. The van der Waals surface area contributed by atoms with Gasteiger partial charge in [0.05, 0.1) is 11.4 Å². The molecule has 3 aromatic rings. The average Bonchev–Trinajstić information content (AvgIpc) is 3.17. The molecule has 1 amide bonds. The van der Waals surface area contributed by atoms with Gasteiger partial charge in [0.25, 0.3) is 5.91 Å². The predicted molar refractivity (Wildman–Crippen MR) is 106 cm³/mol. The van der Waals surface area contributed by atoms with Crippen molar-refractivity contribution in [2.24, 2.45) is 0 Å². The Hall–Kier alpha value is -1.76. The predicted octanol–water partition coefficient (Wildman–Crippen LogP) is 5.29. The molecule has 0 bridgehead atoms. The Balaban J connectivity index is 1.75. The molecule has 1 aliphatic rings. The van der Waals surface area contributed by atoms with E-state index in [9.17, 15) is 4.79 Å². The number of hydrogen-bond donors (Lipinski definition) is 1. The van der Waals surface area contributed by atoms with Gasteiger partial charge in [-0.15, -0.1) is 0 Å². The molecule has 0 atom stereocenters. The molecule has 2 aromatic carbocycles. The van der Waals surface area contributed by atoms with Gasteiger partial charge in [0.15, 0.2) is 0 Å². The number of amides is 1. The van der Waals surface area contributed by atoms with E-state index in [4.69, 9.17) is 11.6 Å². The molecule has 25 heavy (non-hydrogen) atoms. The lowest BCUT2D eigenvalue weighted by molar-refractivity contribution is 0.102. The van der Waals surface area contributed by atoms with Gasteiger partial charge in [0.2, 0.25) is 0 Å². The van der Waals surface area contributed by atoms with E-state index in [-0.39, 0.29) is 5.91 Å². The van der Waals surface area contributed by atoms with Crippen molar-refractivity contribution in [2.45, 2.75) is 11.5 Å². The minimum absolute atomic E-state index is 0.163. The lowest BCUT2D eigenvalue weighted by Crippen LogP contribution is -2.16. The van der Waals surface area contributed by atoms with Gasteiger partial charge in [0, 0.05) is 32.1 Å². The fraction of sp³-hybridized carbons (Fsp3) is 0.111. The van der Waals surface area contributed by atoms with E-state index in [2.05, 4.69) is 26.3 Å². The average molecular weight is 435 g/mol. The van der Waals surface area contributed by atoms with Gasteiger partial charge in [-0.3, -0.25) is 4.79 Å². The highest BCUT2D eigenvalue weighted by molar-refractivity contribution is 9.10. The molecule has 0 fully saturated rings. The summed E-state index contributed by atoms with van der Waals surface area (Å²) < 4.78 is 2.64. The molecular formula is C18H13BrClN3OS. The van der Waals surface area contributed by atoms with Crippen LogP contribution in [0.3, 0.4) is 0 Å².